The summed E-state index contributed by atoms with van der Waals surface area (Å²) in [6.07, 6.45) is 2.68. The predicted molar refractivity (Wildman–Crippen MR) is 69.3 cm³/mol. The first-order valence-electron chi connectivity index (χ1n) is 6.64. The number of hydrogen-bond donors (Lipinski definition) is 1. The van der Waals surface area contributed by atoms with Gasteiger partial charge in [-0.3, -0.25) is 0 Å². The van der Waals surface area contributed by atoms with Crippen molar-refractivity contribution in [3.63, 3.8) is 0 Å². The van der Waals surface area contributed by atoms with Crippen LogP contribution in [-0.4, -0.2) is 25.3 Å². The van der Waals surface area contributed by atoms with Crippen LogP contribution in [0.4, 0.5) is 8.78 Å². The van der Waals surface area contributed by atoms with Crippen LogP contribution in [0.15, 0.2) is 17.0 Å². The molecule has 0 spiro atoms. The van der Waals surface area contributed by atoms with E-state index in [1.807, 2.05) is 0 Å². The van der Waals surface area contributed by atoms with E-state index in [-0.39, 0.29) is 18.2 Å². The summed E-state index contributed by atoms with van der Waals surface area (Å²) < 4.78 is 54.1. The third-order valence-corrected chi connectivity index (χ3v) is 6.24. The number of fused-ring (bicyclic) bond motifs is 2. The summed E-state index contributed by atoms with van der Waals surface area (Å²) in [6.45, 7) is 0.0643. The molecule has 2 N–H and O–H groups in total. The van der Waals surface area contributed by atoms with E-state index in [2.05, 4.69) is 0 Å². The van der Waals surface area contributed by atoms with Crippen LogP contribution in [0.2, 0.25) is 0 Å². The molecular weight excluding hydrogens is 286 g/mol. The maximum absolute atomic E-state index is 14.2. The minimum Gasteiger partial charge on any atom is -0.326 e. The van der Waals surface area contributed by atoms with Crippen LogP contribution in [-0.2, 0) is 16.6 Å². The second kappa shape index (κ2) is 4.75. The van der Waals surface area contributed by atoms with Crippen LogP contribution in [0.1, 0.15) is 24.8 Å². The lowest BCUT2D eigenvalue weighted by atomic mass is 10.1. The molecule has 2 fully saturated rings. The first-order chi connectivity index (χ1) is 9.45. The number of nitrogens with two attached hydrogens (primary N) is 1. The summed E-state index contributed by atoms with van der Waals surface area (Å²) >= 11 is 0. The van der Waals surface area contributed by atoms with Crippen molar-refractivity contribution in [3.05, 3.63) is 29.3 Å². The second-order valence-electron chi connectivity index (χ2n) is 5.45. The Hall–Kier alpha value is -1.05. The van der Waals surface area contributed by atoms with Crippen LogP contribution >= 0.6 is 0 Å². The molecule has 110 valence electrons. The highest BCUT2D eigenvalue weighted by Gasteiger charge is 2.45. The van der Waals surface area contributed by atoms with Crippen molar-refractivity contribution in [1.29, 1.82) is 0 Å². The predicted octanol–water partition coefficient (Wildman–Crippen LogP) is 1.60. The number of benzene rings is 1. The first-order valence-corrected chi connectivity index (χ1v) is 8.08. The summed E-state index contributed by atoms with van der Waals surface area (Å²) in [5, 5.41) is 0. The Balaban J connectivity index is 2.04. The van der Waals surface area contributed by atoms with Gasteiger partial charge in [-0.15, -0.1) is 0 Å². The molecule has 2 aliphatic rings. The van der Waals surface area contributed by atoms with Crippen molar-refractivity contribution in [3.8, 4) is 0 Å². The molecule has 7 heteroatoms. The van der Waals surface area contributed by atoms with Gasteiger partial charge in [0.2, 0.25) is 10.0 Å². The van der Waals surface area contributed by atoms with E-state index in [0.29, 0.717) is 12.5 Å². The molecule has 2 atom stereocenters. The monoisotopic (exact) mass is 302 g/mol. The first kappa shape index (κ1) is 13.9. The standard InChI is InChI=1S/C13H16F2N2O2S/c14-11-3-4-12(13(15)10(11)6-16)20(18,19)17-7-8-1-2-9(17)5-8/h3-4,8-9H,1-2,5-7,16H2. The van der Waals surface area contributed by atoms with Gasteiger partial charge in [-0.2, -0.15) is 4.31 Å². The minimum absolute atomic E-state index is 0.0456. The maximum atomic E-state index is 14.2. The van der Waals surface area contributed by atoms with Gasteiger partial charge < -0.3 is 5.73 Å². The molecular formula is C13H16F2N2O2S. The molecule has 1 heterocycles. The SMILES string of the molecule is NCc1c(F)ccc(S(=O)(=O)N2CC3CCC2C3)c1F. The number of rotatable bonds is 3. The van der Waals surface area contributed by atoms with Crippen LogP contribution in [0.3, 0.4) is 0 Å². The third-order valence-electron chi connectivity index (χ3n) is 4.30. The Morgan fingerprint density at radius 1 is 1.30 bits per heavy atom. The van der Waals surface area contributed by atoms with E-state index in [1.54, 1.807) is 0 Å². The number of halogens is 2. The molecule has 1 saturated carbocycles. The number of hydrogen-bond acceptors (Lipinski definition) is 3. The highest BCUT2D eigenvalue weighted by atomic mass is 32.2. The summed E-state index contributed by atoms with van der Waals surface area (Å²) in [4.78, 5) is -0.466. The average Bonchev–Trinajstić information content (AvgIpc) is 3.01. The molecule has 1 saturated heterocycles. The largest absolute Gasteiger partial charge is 0.326 e. The van der Waals surface area contributed by atoms with Gasteiger partial charge in [0.15, 0.2) is 5.82 Å². The van der Waals surface area contributed by atoms with E-state index in [9.17, 15) is 17.2 Å². The van der Waals surface area contributed by atoms with Gasteiger partial charge in [-0.05, 0) is 37.3 Å². The Morgan fingerprint density at radius 2 is 2.05 bits per heavy atom. The summed E-state index contributed by atoms with van der Waals surface area (Å²) in [5.41, 5.74) is 4.91. The van der Waals surface area contributed by atoms with Crippen molar-refractivity contribution >= 4 is 10.0 Å². The summed E-state index contributed by atoms with van der Waals surface area (Å²) in [7, 11) is -3.91. The molecule has 1 aromatic carbocycles. The number of nitrogens with zero attached hydrogens (tertiary/aromatic N) is 1. The number of sulfonamides is 1. The van der Waals surface area contributed by atoms with Crippen molar-refractivity contribution in [2.24, 2.45) is 11.7 Å². The lowest BCUT2D eigenvalue weighted by molar-refractivity contribution is 0.331. The van der Waals surface area contributed by atoms with Gasteiger partial charge in [0.1, 0.15) is 10.7 Å². The van der Waals surface area contributed by atoms with Gasteiger partial charge in [0.05, 0.1) is 0 Å². The maximum Gasteiger partial charge on any atom is 0.246 e. The molecule has 2 bridgehead atoms. The Kier molecular flexibility index (Phi) is 3.30. The fourth-order valence-electron chi connectivity index (χ4n) is 3.26. The van der Waals surface area contributed by atoms with Gasteiger partial charge in [-0.25, -0.2) is 17.2 Å². The normalized spacial score (nSPS) is 26.4. The zero-order valence-corrected chi connectivity index (χ0v) is 11.7. The fraction of sp³-hybridized carbons (Fsp3) is 0.538. The molecule has 0 radical (unpaired) electrons. The van der Waals surface area contributed by atoms with Crippen molar-refractivity contribution in [1.82, 2.24) is 4.31 Å². The smallest absolute Gasteiger partial charge is 0.246 e. The lowest BCUT2D eigenvalue weighted by Gasteiger charge is -2.26. The van der Waals surface area contributed by atoms with Crippen LogP contribution in [0.5, 0.6) is 0 Å². The zero-order chi connectivity index (χ0) is 14.5. The van der Waals surface area contributed by atoms with E-state index < -0.39 is 26.6 Å². The topological polar surface area (TPSA) is 63.4 Å². The molecule has 2 unspecified atom stereocenters. The molecule has 0 aromatic heterocycles. The highest BCUT2D eigenvalue weighted by Crippen LogP contribution is 2.41. The van der Waals surface area contributed by atoms with Crippen LogP contribution in [0.25, 0.3) is 0 Å². The Morgan fingerprint density at radius 3 is 2.60 bits per heavy atom. The van der Waals surface area contributed by atoms with E-state index in [4.69, 9.17) is 5.73 Å². The van der Waals surface area contributed by atoms with E-state index in [1.165, 1.54) is 4.31 Å². The van der Waals surface area contributed by atoms with Gasteiger partial charge in [-0.1, -0.05) is 0 Å². The van der Waals surface area contributed by atoms with Crippen LogP contribution in [0, 0.1) is 17.6 Å². The van der Waals surface area contributed by atoms with Crippen LogP contribution < -0.4 is 5.73 Å². The Bertz CT molecular complexity index is 648. The molecule has 3 rings (SSSR count). The van der Waals surface area contributed by atoms with Gasteiger partial charge in [0.25, 0.3) is 0 Å². The molecule has 0 amide bonds. The molecule has 4 nitrogen and oxygen atoms in total. The highest BCUT2D eigenvalue weighted by molar-refractivity contribution is 7.89. The zero-order valence-electron chi connectivity index (χ0n) is 10.9. The molecule has 1 aliphatic carbocycles. The second-order valence-corrected chi connectivity index (χ2v) is 7.31. The Labute approximate surface area is 116 Å². The van der Waals surface area contributed by atoms with Crippen molar-refractivity contribution < 1.29 is 17.2 Å². The quantitative estimate of drug-likeness (QED) is 0.922. The van der Waals surface area contributed by atoms with Crippen molar-refractivity contribution in [2.75, 3.05) is 6.54 Å². The van der Waals surface area contributed by atoms with Crippen molar-refractivity contribution in [2.45, 2.75) is 36.7 Å². The molecule has 20 heavy (non-hydrogen) atoms. The summed E-state index contributed by atoms with van der Waals surface area (Å²) in [6, 6.07) is 1.91. The fourth-order valence-corrected chi connectivity index (χ4v) is 5.10. The van der Waals surface area contributed by atoms with E-state index in [0.717, 1.165) is 31.4 Å². The summed E-state index contributed by atoms with van der Waals surface area (Å²) in [5.74, 6) is -1.51. The number of piperidine rings is 1. The average molecular weight is 302 g/mol. The molecule has 1 aliphatic heterocycles. The third kappa shape index (κ3) is 1.96. The van der Waals surface area contributed by atoms with Gasteiger partial charge in [0, 0.05) is 24.7 Å². The van der Waals surface area contributed by atoms with E-state index >= 15 is 0 Å². The lowest BCUT2D eigenvalue weighted by Crippen LogP contribution is -2.38. The minimum atomic E-state index is -3.91. The van der Waals surface area contributed by atoms with Gasteiger partial charge >= 0.3 is 0 Å². The molecule has 1 aromatic rings.